The smallest absolute Gasteiger partial charge is 0.311 e. The van der Waals surface area contributed by atoms with Gasteiger partial charge >= 0.3 is 5.97 Å². The summed E-state index contributed by atoms with van der Waals surface area (Å²) in [5, 5.41) is 17.5. The number of aliphatic hydroxyl groups excluding tert-OH is 1. The second-order valence-corrected chi connectivity index (χ2v) is 3.33. The maximum Gasteiger partial charge on any atom is 0.311 e. The van der Waals surface area contributed by atoms with Crippen LogP contribution in [-0.4, -0.2) is 22.3 Å². The molecule has 4 nitrogen and oxygen atoms in total. The van der Waals surface area contributed by atoms with E-state index in [-0.39, 0.29) is 12.5 Å². The van der Waals surface area contributed by atoms with Gasteiger partial charge in [0, 0.05) is 6.42 Å². The number of hydrogen-bond acceptors (Lipinski definition) is 3. The van der Waals surface area contributed by atoms with Crippen molar-refractivity contribution in [2.24, 2.45) is 0 Å². The fraction of sp³-hybridized carbons (Fsp3) is 0.500. The van der Waals surface area contributed by atoms with Crippen LogP contribution in [0.5, 0.6) is 0 Å². The highest BCUT2D eigenvalue weighted by atomic mass is 16.4. The number of aliphatic hydroxyl groups is 1. The molecule has 4 heteroatoms. The van der Waals surface area contributed by atoms with E-state index in [4.69, 9.17) is 14.6 Å². The van der Waals surface area contributed by atoms with Crippen molar-refractivity contribution in [1.29, 1.82) is 0 Å². The number of rotatable bonds is 5. The second kappa shape index (κ2) is 4.81. The SMILES string of the molecule is C[C@H](O)CCc1ccc(CC(=O)O)o1. The van der Waals surface area contributed by atoms with Crippen LogP contribution in [0.3, 0.4) is 0 Å². The van der Waals surface area contributed by atoms with Crippen LogP contribution in [0.4, 0.5) is 0 Å². The first kappa shape index (κ1) is 10.8. The quantitative estimate of drug-likeness (QED) is 0.746. The van der Waals surface area contributed by atoms with Gasteiger partial charge in [0.25, 0.3) is 0 Å². The summed E-state index contributed by atoms with van der Waals surface area (Å²) in [4.78, 5) is 10.3. The molecule has 1 aromatic rings. The van der Waals surface area contributed by atoms with Gasteiger partial charge in [-0.1, -0.05) is 0 Å². The zero-order valence-electron chi connectivity index (χ0n) is 8.06. The van der Waals surface area contributed by atoms with Crippen molar-refractivity contribution in [3.8, 4) is 0 Å². The van der Waals surface area contributed by atoms with E-state index in [0.717, 1.165) is 5.76 Å². The molecule has 0 aliphatic rings. The molecular weight excluding hydrogens is 184 g/mol. The molecule has 0 aliphatic heterocycles. The lowest BCUT2D eigenvalue weighted by atomic mass is 10.2. The standard InChI is InChI=1S/C10H14O4/c1-7(11)2-3-8-4-5-9(14-8)6-10(12)13/h4-5,7,11H,2-3,6H2,1H3,(H,12,13)/t7-/m0/s1. The van der Waals surface area contributed by atoms with Crippen molar-refractivity contribution in [2.45, 2.75) is 32.3 Å². The Labute approximate surface area is 82.2 Å². The van der Waals surface area contributed by atoms with Gasteiger partial charge in [0.05, 0.1) is 6.10 Å². The van der Waals surface area contributed by atoms with E-state index in [1.165, 1.54) is 0 Å². The minimum absolute atomic E-state index is 0.0886. The third-order valence-corrected chi connectivity index (χ3v) is 1.85. The first-order valence-corrected chi connectivity index (χ1v) is 4.55. The molecule has 0 amide bonds. The van der Waals surface area contributed by atoms with E-state index in [9.17, 15) is 4.79 Å². The predicted molar refractivity (Wildman–Crippen MR) is 50.0 cm³/mol. The van der Waals surface area contributed by atoms with E-state index in [0.29, 0.717) is 18.6 Å². The average molecular weight is 198 g/mol. The van der Waals surface area contributed by atoms with Crippen molar-refractivity contribution < 1.29 is 19.4 Å². The molecule has 14 heavy (non-hydrogen) atoms. The molecule has 1 atom stereocenters. The van der Waals surface area contributed by atoms with Gasteiger partial charge in [-0.3, -0.25) is 4.79 Å². The number of aryl methyl sites for hydroxylation is 1. The lowest BCUT2D eigenvalue weighted by Gasteiger charge is -2.00. The Hall–Kier alpha value is -1.29. The third-order valence-electron chi connectivity index (χ3n) is 1.85. The normalized spacial score (nSPS) is 12.7. The number of hydrogen-bond donors (Lipinski definition) is 2. The van der Waals surface area contributed by atoms with Crippen LogP contribution < -0.4 is 0 Å². The Morgan fingerprint density at radius 3 is 2.71 bits per heavy atom. The number of aliphatic carboxylic acids is 1. The van der Waals surface area contributed by atoms with Crippen molar-refractivity contribution in [3.63, 3.8) is 0 Å². The summed E-state index contributed by atoms with van der Waals surface area (Å²) in [6.45, 7) is 1.71. The van der Waals surface area contributed by atoms with Crippen LogP contribution in [0.1, 0.15) is 24.9 Å². The molecule has 0 radical (unpaired) electrons. The van der Waals surface area contributed by atoms with Crippen molar-refractivity contribution >= 4 is 5.97 Å². The fourth-order valence-corrected chi connectivity index (χ4v) is 1.15. The summed E-state index contributed by atoms with van der Waals surface area (Å²) in [6, 6.07) is 3.41. The minimum atomic E-state index is -0.901. The molecule has 0 unspecified atom stereocenters. The van der Waals surface area contributed by atoms with E-state index >= 15 is 0 Å². The molecule has 0 aromatic carbocycles. The number of furan rings is 1. The Kier molecular flexibility index (Phi) is 3.71. The third kappa shape index (κ3) is 3.62. The van der Waals surface area contributed by atoms with Gasteiger partial charge in [-0.2, -0.15) is 0 Å². The Morgan fingerprint density at radius 2 is 2.14 bits per heavy atom. The predicted octanol–water partition coefficient (Wildman–Crippen LogP) is 1.22. The molecule has 0 bridgehead atoms. The van der Waals surface area contributed by atoms with Gasteiger partial charge < -0.3 is 14.6 Å². The van der Waals surface area contributed by atoms with Gasteiger partial charge in [-0.15, -0.1) is 0 Å². The topological polar surface area (TPSA) is 70.7 Å². The Balaban J connectivity index is 2.46. The van der Waals surface area contributed by atoms with Crippen molar-refractivity contribution in [1.82, 2.24) is 0 Å². The van der Waals surface area contributed by atoms with Crippen LogP contribution in [-0.2, 0) is 17.6 Å². The maximum atomic E-state index is 10.3. The fourth-order valence-electron chi connectivity index (χ4n) is 1.15. The lowest BCUT2D eigenvalue weighted by molar-refractivity contribution is -0.136. The molecule has 78 valence electrons. The molecule has 0 saturated carbocycles. The lowest BCUT2D eigenvalue weighted by Crippen LogP contribution is -2.01. The molecule has 1 aromatic heterocycles. The highest BCUT2D eigenvalue weighted by Gasteiger charge is 2.06. The summed E-state index contributed by atoms with van der Waals surface area (Å²) in [5.41, 5.74) is 0. The second-order valence-electron chi connectivity index (χ2n) is 3.33. The van der Waals surface area contributed by atoms with Crippen LogP contribution >= 0.6 is 0 Å². The molecule has 1 rings (SSSR count). The van der Waals surface area contributed by atoms with Gasteiger partial charge in [0.1, 0.15) is 17.9 Å². The van der Waals surface area contributed by atoms with Gasteiger partial charge in [-0.05, 0) is 25.5 Å². The largest absolute Gasteiger partial charge is 0.481 e. The number of carbonyl (C=O) groups is 1. The molecule has 1 heterocycles. The summed E-state index contributed by atoms with van der Waals surface area (Å²) in [5.74, 6) is 0.279. The van der Waals surface area contributed by atoms with E-state index in [1.54, 1.807) is 19.1 Å². The molecule has 0 aliphatic carbocycles. The molecular formula is C10H14O4. The first-order chi connectivity index (χ1) is 6.58. The molecule has 2 N–H and O–H groups in total. The first-order valence-electron chi connectivity index (χ1n) is 4.55. The maximum absolute atomic E-state index is 10.3. The van der Waals surface area contributed by atoms with Gasteiger partial charge in [-0.25, -0.2) is 0 Å². The van der Waals surface area contributed by atoms with Crippen molar-refractivity contribution in [2.75, 3.05) is 0 Å². The van der Waals surface area contributed by atoms with Crippen LogP contribution in [0.2, 0.25) is 0 Å². The van der Waals surface area contributed by atoms with Crippen LogP contribution in [0.25, 0.3) is 0 Å². The average Bonchev–Trinajstić information content (AvgIpc) is 2.47. The summed E-state index contributed by atoms with van der Waals surface area (Å²) >= 11 is 0. The Morgan fingerprint density at radius 1 is 1.50 bits per heavy atom. The molecule has 0 saturated heterocycles. The minimum Gasteiger partial charge on any atom is -0.481 e. The molecule has 0 spiro atoms. The van der Waals surface area contributed by atoms with E-state index < -0.39 is 5.97 Å². The summed E-state index contributed by atoms with van der Waals surface area (Å²) in [6.07, 6.45) is 0.814. The molecule has 0 fully saturated rings. The zero-order valence-corrected chi connectivity index (χ0v) is 8.06. The zero-order chi connectivity index (χ0) is 10.6. The summed E-state index contributed by atoms with van der Waals surface area (Å²) in [7, 11) is 0. The number of carboxylic acid groups (broad SMARTS) is 1. The number of carboxylic acids is 1. The van der Waals surface area contributed by atoms with Crippen LogP contribution in [0.15, 0.2) is 16.5 Å². The van der Waals surface area contributed by atoms with E-state index in [2.05, 4.69) is 0 Å². The van der Waals surface area contributed by atoms with Gasteiger partial charge in [0.2, 0.25) is 0 Å². The van der Waals surface area contributed by atoms with Crippen LogP contribution in [0, 0.1) is 0 Å². The van der Waals surface area contributed by atoms with E-state index in [1.807, 2.05) is 0 Å². The Bertz CT molecular complexity index is 301. The highest BCUT2D eigenvalue weighted by molar-refractivity contribution is 5.69. The highest BCUT2D eigenvalue weighted by Crippen LogP contribution is 2.11. The van der Waals surface area contributed by atoms with Gasteiger partial charge in [0.15, 0.2) is 0 Å². The summed E-state index contributed by atoms with van der Waals surface area (Å²) < 4.78 is 5.25. The monoisotopic (exact) mass is 198 g/mol. The van der Waals surface area contributed by atoms with Crippen molar-refractivity contribution in [3.05, 3.63) is 23.7 Å².